The summed E-state index contributed by atoms with van der Waals surface area (Å²) in [6.07, 6.45) is -4.63. The Morgan fingerprint density at radius 1 is 0.972 bits per heavy atom. The van der Waals surface area contributed by atoms with Gasteiger partial charge in [-0.05, 0) is 38.5 Å². The minimum atomic E-state index is -4.63. The summed E-state index contributed by atoms with van der Waals surface area (Å²) in [7, 11) is 0. The van der Waals surface area contributed by atoms with E-state index in [9.17, 15) is 22.8 Å². The second-order valence-corrected chi connectivity index (χ2v) is 8.40. The van der Waals surface area contributed by atoms with Crippen LogP contribution in [0.1, 0.15) is 44.3 Å². The summed E-state index contributed by atoms with van der Waals surface area (Å²) in [5, 5.41) is 11.2. The first-order valence-corrected chi connectivity index (χ1v) is 11.2. The molecule has 2 heterocycles. The molecule has 0 aliphatic carbocycles. The Balaban J connectivity index is 1.60. The van der Waals surface area contributed by atoms with Gasteiger partial charge in [-0.15, -0.1) is 0 Å². The Morgan fingerprint density at radius 3 is 2.33 bits per heavy atom. The number of amides is 1. The maximum Gasteiger partial charge on any atom is 0.418 e. The van der Waals surface area contributed by atoms with Crippen molar-refractivity contribution in [2.75, 3.05) is 0 Å². The molecule has 2 aromatic heterocycles. The van der Waals surface area contributed by atoms with E-state index in [-0.39, 0.29) is 17.9 Å². The van der Waals surface area contributed by atoms with Gasteiger partial charge in [-0.2, -0.15) is 23.4 Å². The highest BCUT2D eigenvalue weighted by Crippen LogP contribution is 2.33. The zero-order valence-electron chi connectivity index (χ0n) is 19.9. The van der Waals surface area contributed by atoms with Crippen LogP contribution in [0.2, 0.25) is 0 Å². The lowest BCUT2D eigenvalue weighted by Crippen LogP contribution is -2.32. The SMILES string of the molecule is Cc1nn(Cc2ccccc2)c(C)c1CNC(=O)c1nn(-c2ccccc2C(F)(F)F)c(C)cc1=O. The van der Waals surface area contributed by atoms with E-state index in [1.54, 1.807) is 0 Å². The average Bonchev–Trinajstić information content (AvgIpc) is 3.09. The largest absolute Gasteiger partial charge is 0.418 e. The van der Waals surface area contributed by atoms with Gasteiger partial charge in [-0.3, -0.25) is 14.3 Å². The Kier molecular flexibility index (Phi) is 6.78. The molecule has 4 rings (SSSR count). The van der Waals surface area contributed by atoms with Crippen LogP contribution in [0, 0.1) is 20.8 Å². The average molecular weight is 496 g/mol. The minimum Gasteiger partial charge on any atom is -0.346 e. The summed E-state index contributed by atoms with van der Waals surface area (Å²) in [6.45, 7) is 5.80. The van der Waals surface area contributed by atoms with Crippen LogP contribution in [0.3, 0.4) is 0 Å². The number of aryl methyl sites for hydroxylation is 2. The van der Waals surface area contributed by atoms with Crippen molar-refractivity contribution >= 4 is 5.91 Å². The molecular weight excluding hydrogens is 471 g/mol. The fraction of sp³-hybridized carbons (Fsp3) is 0.231. The van der Waals surface area contributed by atoms with Gasteiger partial charge in [0.25, 0.3) is 5.91 Å². The van der Waals surface area contributed by atoms with Gasteiger partial charge in [-0.25, -0.2) is 4.68 Å². The van der Waals surface area contributed by atoms with Gasteiger partial charge in [0.1, 0.15) is 0 Å². The highest BCUT2D eigenvalue weighted by molar-refractivity contribution is 5.92. The summed E-state index contributed by atoms with van der Waals surface area (Å²) < 4.78 is 43.4. The minimum absolute atomic E-state index is 0.0828. The van der Waals surface area contributed by atoms with Gasteiger partial charge in [0, 0.05) is 29.6 Å². The Labute approximate surface area is 205 Å². The van der Waals surface area contributed by atoms with Crippen molar-refractivity contribution in [1.29, 1.82) is 0 Å². The first kappa shape index (κ1) is 24.9. The number of carbonyl (C=O) groups excluding carboxylic acids is 1. The maximum absolute atomic E-state index is 13.5. The van der Waals surface area contributed by atoms with Crippen molar-refractivity contribution in [1.82, 2.24) is 24.9 Å². The molecule has 0 spiro atoms. The molecule has 0 unspecified atom stereocenters. The molecule has 0 fully saturated rings. The van der Waals surface area contributed by atoms with Crippen molar-refractivity contribution in [3.8, 4) is 5.69 Å². The van der Waals surface area contributed by atoms with Crippen LogP contribution in [0.5, 0.6) is 0 Å². The molecule has 0 radical (unpaired) electrons. The van der Waals surface area contributed by atoms with Gasteiger partial charge in [0.05, 0.1) is 23.5 Å². The van der Waals surface area contributed by atoms with Crippen LogP contribution in [-0.4, -0.2) is 25.5 Å². The molecule has 0 saturated carbocycles. The third kappa shape index (κ3) is 5.07. The number of para-hydroxylation sites is 1. The monoisotopic (exact) mass is 495 g/mol. The molecule has 10 heteroatoms. The number of hydrogen-bond acceptors (Lipinski definition) is 4. The number of carbonyl (C=O) groups is 1. The molecule has 186 valence electrons. The summed E-state index contributed by atoms with van der Waals surface area (Å²) in [5.74, 6) is -0.784. The summed E-state index contributed by atoms with van der Waals surface area (Å²) in [5.41, 5.74) is 1.22. The van der Waals surface area contributed by atoms with Crippen LogP contribution in [0.4, 0.5) is 13.2 Å². The van der Waals surface area contributed by atoms with Crippen LogP contribution < -0.4 is 10.7 Å². The molecule has 0 atom stereocenters. The quantitative estimate of drug-likeness (QED) is 0.431. The van der Waals surface area contributed by atoms with Crippen LogP contribution >= 0.6 is 0 Å². The van der Waals surface area contributed by atoms with Gasteiger partial charge in [-0.1, -0.05) is 42.5 Å². The lowest BCUT2D eigenvalue weighted by Gasteiger charge is -2.16. The van der Waals surface area contributed by atoms with Crippen molar-refractivity contribution < 1.29 is 18.0 Å². The third-order valence-electron chi connectivity index (χ3n) is 5.89. The van der Waals surface area contributed by atoms with Crippen molar-refractivity contribution in [3.63, 3.8) is 0 Å². The molecule has 0 bridgehead atoms. The lowest BCUT2D eigenvalue weighted by molar-refractivity contribution is -0.137. The number of aromatic nitrogens is 4. The molecular formula is C26H24F3N5O2. The summed E-state index contributed by atoms with van der Waals surface area (Å²) in [6, 6.07) is 15.8. The van der Waals surface area contributed by atoms with E-state index in [0.29, 0.717) is 6.54 Å². The number of hydrogen-bond donors (Lipinski definition) is 1. The predicted molar refractivity (Wildman–Crippen MR) is 128 cm³/mol. The standard InChI is InChI=1S/C26H24F3N5O2/c1-16-13-23(35)24(32-34(16)22-12-8-7-11-21(22)26(27,28)29)25(36)30-14-20-17(2)31-33(18(20)3)15-19-9-5-4-6-10-19/h4-13H,14-15H2,1-3H3,(H,30,36). The van der Waals surface area contributed by atoms with Crippen LogP contribution in [0.25, 0.3) is 5.69 Å². The second kappa shape index (κ2) is 9.80. The van der Waals surface area contributed by atoms with Crippen LogP contribution in [0.15, 0.2) is 65.5 Å². The van der Waals surface area contributed by atoms with E-state index >= 15 is 0 Å². The van der Waals surface area contributed by atoms with E-state index in [0.717, 1.165) is 39.3 Å². The van der Waals surface area contributed by atoms with Crippen LogP contribution in [-0.2, 0) is 19.3 Å². The highest BCUT2D eigenvalue weighted by atomic mass is 19.4. The lowest BCUT2D eigenvalue weighted by atomic mass is 10.1. The molecule has 1 N–H and O–H groups in total. The number of rotatable bonds is 6. The van der Waals surface area contributed by atoms with Crippen molar-refractivity contribution in [2.45, 2.75) is 40.0 Å². The van der Waals surface area contributed by atoms with Crippen molar-refractivity contribution in [2.24, 2.45) is 0 Å². The zero-order valence-corrected chi connectivity index (χ0v) is 19.9. The second-order valence-electron chi connectivity index (χ2n) is 8.40. The van der Waals surface area contributed by atoms with E-state index in [2.05, 4.69) is 15.5 Å². The van der Waals surface area contributed by atoms with E-state index in [4.69, 9.17) is 0 Å². The number of nitrogens with zero attached hydrogens (tertiary/aromatic N) is 4. The molecule has 7 nitrogen and oxygen atoms in total. The topological polar surface area (TPSA) is 81.8 Å². The molecule has 0 aliphatic rings. The van der Waals surface area contributed by atoms with E-state index < -0.39 is 28.8 Å². The first-order valence-electron chi connectivity index (χ1n) is 11.2. The Morgan fingerprint density at radius 2 is 1.64 bits per heavy atom. The number of nitrogens with one attached hydrogen (secondary N) is 1. The molecule has 0 aliphatic heterocycles. The van der Waals surface area contributed by atoms with Gasteiger partial charge in [0.2, 0.25) is 5.43 Å². The summed E-state index contributed by atoms with van der Waals surface area (Å²) >= 11 is 0. The smallest absolute Gasteiger partial charge is 0.346 e. The first-order chi connectivity index (χ1) is 17.1. The molecule has 2 aromatic carbocycles. The molecule has 1 amide bonds. The Bertz CT molecular complexity index is 1470. The third-order valence-corrected chi connectivity index (χ3v) is 5.89. The van der Waals surface area contributed by atoms with E-state index in [1.807, 2.05) is 48.9 Å². The molecule has 4 aromatic rings. The fourth-order valence-corrected chi connectivity index (χ4v) is 4.00. The van der Waals surface area contributed by atoms with Gasteiger partial charge >= 0.3 is 6.18 Å². The van der Waals surface area contributed by atoms with Crippen molar-refractivity contribution in [3.05, 3.63) is 110 Å². The fourth-order valence-electron chi connectivity index (χ4n) is 4.00. The molecule has 0 saturated heterocycles. The maximum atomic E-state index is 13.5. The Hall–Kier alpha value is -4.21. The predicted octanol–water partition coefficient (Wildman–Crippen LogP) is 4.35. The van der Waals surface area contributed by atoms with Gasteiger partial charge in [0.15, 0.2) is 5.69 Å². The number of benzene rings is 2. The highest BCUT2D eigenvalue weighted by Gasteiger charge is 2.34. The normalized spacial score (nSPS) is 11.5. The summed E-state index contributed by atoms with van der Waals surface area (Å²) in [4.78, 5) is 25.4. The molecule has 36 heavy (non-hydrogen) atoms. The van der Waals surface area contributed by atoms with Gasteiger partial charge < -0.3 is 5.32 Å². The number of alkyl halides is 3. The van der Waals surface area contributed by atoms with E-state index in [1.165, 1.54) is 25.1 Å². The zero-order chi connectivity index (χ0) is 26.0. The number of halogens is 3.